The maximum absolute atomic E-state index is 2.43. The first-order chi connectivity index (χ1) is 18.2. The first-order valence-corrected chi connectivity index (χ1v) is 17.8. The molecule has 0 saturated carbocycles. The van der Waals surface area contributed by atoms with Crippen LogP contribution in [0.3, 0.4) is 0 Å². The van der Waals surface area contributed by atoms with Crippen LogP contribution in [0.4, 0.5) is 0 Å². The molecule has 0 saturated heterocycles. The van der Waals surface area contributed by atoms with Crippen LogP contribution >= 0.6 is 0 Å². The van der Waals surface area contributed by atoms with E-state index in [-0.39, 0.29) is 0 Å². The molecular formula is C36H75N. The maximum Gasteiger partial charge on any atom is 0.000356 e. The Balaban J connectivity index is 3.48. The van der Waals surface area contributed by atoms with Crippen molar-refractivity contribution in [1.29, 1.82) is 0 Å². The van der Waals surface area contributed by atoms with Gasteiger partial charge in [0.05, 0.1) is 0 Å². The number of unbranched alkanes of at least 4 members (excludes halogenated alkanes) is 26. The quantitative estimate of drug-likeness (QED) is 0.0795. The zero-order valence-electron chi connectivity index (χ0n) is 26.9. The summed E-state index contributed by atoms with van der Waals surface area (Å²) < 4.78 is 0. The second kappa shape index (κ2) is 32.2. The molecule has 0 spiro atoms. The SMILES string of the molecule is CCCCCCCCCCCCCCCCC(CCCCCCCCCCCCCCCC)CN(C)C. The highest BCUT2D eigenvalue weighted by atomic mass is 15.1. The molecular weight excluding hydrogens is 446 g/mol. The Hall–Kier alpha value is -0.0400. The van der Waals surface area contributed by atoms with Gasteiger partial charge in [0.25, 0.3) is 0 Å². The van der Waals surface area contributed by atoms with Crippen molar-refractivity contribution >= 4 is 0 Å². The number of rotatable bonds is 32. The van der Waals surface area contributed by atoms with Crippen molar-refractivity contribution in [2.75, 3.05) is 20.6 Å². The van der Waals surface area contributed by atoms with Crippen LogP contribution in [-0.2, 0) is 0 Å². The Kier molecular flexibility index (Phi) is 32.1. The molecule has 0 aromatic heterocycles. The smallest absolute Gasteiger partial charge is 0.000356 e. The van der Waals surface area contributed by atoms with E-state index in [2.05, 4.69) is 32.8 Å². The lowest BCUT2D eigenvalue weighted by molar-refractivity contribution is 0.286. The average Bonchev–Trinajstić information content (AvgIpc) is 2.88. The highest BCUT2D eigenvalue weighted by Crippen LogP contribution is 2.21. The van der Waals surface area contributed by atoms with Gasteiger partial charge in [0, 0.05) is 6.54 Å². The fraction of sp³-hybridized carbons (Fsp3) is 1.00. The van der Waals surface area contributed by atoms with Crippen LogP contribution in [-0.4, -0.2) is 25.5 Å². The van der Waals surface area contributed by atoms with E-state index >= 15 is 0 Å². The van der Waals surface area contributed by atoms with Gasteiger partial charge in [0.15, 0.2) is 0 Å². The Morgan fingerprint density at radius 2 is 0.541 bits per heavy atom. The third-order valence-electron chi connectivity index (χ3n) is 8.56. The van der Waals surface area contributed by atoms with Crippen molar-refractivity contribution < 1.29 is 0 Å². The highest BCUT2D eigenvalue weighted by molar-refractivity contribution is 4.64. The van der Waals surface area contributed by atoms with E-state index in [9.17, 15) is 0 Å². The summed E-state index contributed by atoms with van der Waals surface area (Å²) in [5, 5.41) is 0. The van der Waals surface area contributed by atoms with Gasteiger partial charge in [-0.3, -0.25) is 0 Å². The fourth-order valence-corrected chi connectivity index (χ4v) is 6.10. The predicted octanol–water partition coefficient (Wildman–Crippen LogP) is 12.9. The summed E-state index contributed by atoms with van der Waals surface area (Å²) >= 11 is 0. The zero-order valence-corrected chi connectivity index (χ0v) is 26.9. The van der Waals surface area contributed by atoms with Gasteiger partial charge in [-0.1, -0.05) is 194 Å². The molecule has 0 aliphatic carbocycles. The summed E-state index contributed by atoms with van der Waals surface area (Å²) in [5.74, 6) is 0.935. The van der Waals surface area contributed by atoms with Gasteiger partial charge in [0.1, 0.15) is 0 Å². The van der Waals surface area contributed by atoms with Crippen LogP contribution in [0.15, 0.2) is 0 Å². The van der Waals surface area contributed by atoms with E-state index in [0.29, 0.717) is 0 Å². The molecule has 0 rings (SSSR count). The fourth-order valence-electron chi connectivity index (χ4n) is 6.10. The molecule has 0 N–H and O–H groups in total. The van der Waals surface area contributed by atoms with Gasteiger partial charge in [-0.25, -0.2) is 0 Å². The van der Waals surface area contributed by atoms with E-state index in [0.717, 1.165) is 5.92 Å². The molecule has 0 atom stereocenters. The molecule has 0 amide bonds. The zero-order chi connectivity index (χ0) is 27.1. The minimum absolute atomic E-state index is 0.935. The van der Waals surface area contributed by atoms with Gasteiger partial charge in [-0.15, -0.1) is 0 Å². The topological polar surface area (TPSA) is 3.24 Å². The molecule has 0 aliphatic heterocycles. The van der Waals surface area contributed by atoms with Crippen molar-refractivity contribution in [2.24, 2.45) is 5.92 Å². The van der Waals surface area contributed by atoms with Crippen molar-refractivity contribution in [1.82, 2.24) is 4.90 Å². The average molecular weight is 522 g/mol. The molecule has 0 aliphatic rings. The molecule has 0 radical (unpaired) electrons. The first kappa shape index (κ1) is 37.0. The van der Waals surface area contributed by atoms with Crippen LogP contribution in [0, 0.1) is 5.92 Å². The highest BCUT2D eigenvalue weighted by Gasteiger charge is 2.10. The Labute approximate surface area is 237 Å². The monoisotopic (exact) mass is 522 g/mol. The summed E-state index contributed by atoms with van der Waals surface area (Å²) in [6.07, 6.45) is 44.0. The van der Waals surface area contributed by atoms with Gasteiger partial charge >= 0.3 is 0 Å². The van der Waals surface area contributed by atoms with Crippen molar-refractivity contribution in [2.45, 2.75) is 206 Å². The molecule has 1 nitrogen and oxygen atoms in total. The normalized spacial score (nSPS) is 11.8. The van der Waals surface area contributed by atoms with Crippen LogP contribution in [0.25, 0.3) is 0 Å². The molecule has 0 aromatic carbocycles. The minimum atomic E-state index is 0.935. The van der Waals surface area contributed by atoms with E-state index < -0.39 is 0 Å². The minimum Gasteiger partial charge on any atom is -0.309 e. The third kappa shape index (κ3) is 32.1. The molecule has 1 heteroatoms. The lowest BCUT2D eigenvalue weighted by atomic mass is 9.93. The maximum atomic E-state index is 2.43. The number of hydrogen-bond donors (Lipinski definition) is 0. The van der Waals surface area contributed by atoms with Gasteiger partial charge in [-0.2, -0.15) is 0 Å². The van der Waals surface area contributed by atoms with E-state index in [1.165, 1.54) is 199 Å². The second-order valence-electron chi connectivity index (χ2n) is 12.9. The van der Waals surface area contributed by atoms with Crippen LogP contribution in [0.5, 0.6) is 0 Å². The van der Waals surface area contributed by atoms with E-state index in [1.54, 1.807) is 0 Å². The van der Waals surface area contributed by atoms with E-state index in [1.807, 2.05) is 0 Å². The first-order valence-electron chi connectivity index (χ1n) is 17.8. The molecule has 0 fully saturated rings. The molecule has 0 bridgehead atoms. The lowest BCUT2D eigenvalue weighted by Gasteiger charge is -2.21. The molecule has 224 valence electrons. The third-order valence-corrected chi connectivity index (χ3v) is 8.56. The van der Waals surface area contributed by atoms with Gasteiger partial charge in [-0.05, 0) is 32.9 Å². The van der Waals surface area contributed by atoms with E-state index in [4.69, 9.17) is 0 Å². The second-order valence-corrected chi connectivity index (χ2v) is 12.9. The summed E-state index contributed by atoms with van der Waals surface area (Å²) in [6.45, 7) is 5.92. The van der Waals surface area contributed by atoms with Gasteiger partial charge in [0.2, 0.25) is 0 Å². The lowest BCUT2D eigenvalue weighted by Crippen LogP contribution is -2.21. The summed E-state index contributed by atoms with van der Waals surface area (Å²) in [6, 6.07) is 0. The Morgan fingerprint density at radius 3 is 0.757 bits per heavy atom. The molecule has 0 heterocycles. The van der Waals surface area contributed by atoms with Crippen LogP contribution in [0.1, 0.15) is 206 Å². The predicted molar refractivity (Wildman–Crippen MR) is 172 cm³/mol. The summed E-state index contributed by atoms with van der Waals surface area (Å²) in [5.41, 5.74) is 0. The number of hydrogen-bond acceptors (Lipinski definition) is 1. The largest absolute Gasteiger partial charge is 0.309 e. The standard InChI is InChI=1S/C36H75N/c1-5-7-9-11-13-15-17-19-21-23-25-27-29-31-33-36(35-37(3)4)34-32-30-28-26-24-22-20-18-16-14-12-10-8-6-2/h36H,5-35H2,1-4H3. The summed E-state index contributed by atoms with van der Waals surface area (Å²) in [4.78, 5) is 2.43. The molecule has 0 aromatic rings. The van der Waals surface area contributed by atoms with Crippen molar-refractivity contribution in [3.05, 3.63) is 0 Å². The van der Waals surface area contributed by atoms with Crippen molar-refractivity contribution in [3.8, 4) is 0 Å². The number of nitrogens with zero attached hydrogens (tertiary/aromatic N) is 1. The van der Waals surface area contributed by atoms with Crippen molar-refractivity contribution in [3.63, 3.8) is 0 Å². The Morgan fingerprint density at radius 1 is 0.324 bits per heavy atom. The van der Waals surface area contributed by atoms with Crippen LogP contribution < -0.4 is 0 Å². The molecule has 0 unspecified atom stereocenters. The van der Waals surface area contributed by atoms with Gasteiger partial charge < -0.3 is 4.90 Å². The Bertz CT molecular complexity index is 358. The molecule has 37 heavy (non-hydrogen) atoms. The summed E-state index contributed by atoms with van der Waals surface area (Å²) in [7, 11) is 4.53. The van der Waals surface area contributed by atoms with Crippen LogP contribution in [0.2, 0.25) is 0 Å².